The second kappa shape index (κ2) is 6.36. The van der Waals surface area contributed by atoms with Crippen molar-refractivity contribution in [2.45, 2.75) is 6.92 Å². The van der Waals surface area contributed by atoms with E-state index in [9.17, 15) is 0 Å². The quantitative estimate of drug-likeness (QED) is 0.513. The van der Waals surface area contributed by atoms with E-state index in [1.165, 1.54) is 5.54 Å². The van der Waals surface area contributed by atoms with Gasteiger partial charge in [0.15, 0.2) is 0 Å². The van der Waals surface area contributed by atoms with Crippen molar-refractivity contribution in [3.05, 3.63) is 10.6 Å². The molecule has 0 spiro atoms. The van der Waals surface area contributed by atoms with Gasteiger partial charge in [-0.1, -0.05) is 23.2 Å². The van der Waals surface area contributed by atoms with Gasteiger partial charge in [-0.3, -0.25) is 0 Å². The molecule has 4 heteroatoms. The number of hydrogen-bond acceptors (Lipinski definition) is 2. The molecule has 0 aromatic rings. The predicted molar refractivity (Wildman–Crippen MR) is 39.4 cm³/mol. The first kappa shape index (κ1) is 9.24. The Morgan fingerprint density at radius 1 is 1.78 bits per heavy atom. The molecule has 0 aromatic heterocycles. The second-order valence-electron chi connectivity index (χ2n) is 1.31. The maximum atomic E-state index is 5.49. The fraction of sp³-hybridized carbons (Fsp3) is 0.600. The van der Waals surface area contributed by atoms with Crippen molar-refractivity contribution in [1.29, 1.82) is 0 Å². The molecule has 2 nitrogen and oxygen atoms in total. The summed E-state index contributed by atoms with van der Waals surface area (Å²) < 4.78 is 0. The zero-order valence-electron chi connectivity index (χ0n) is 5.16. The molecular weight excluding hydrogens is 161 g/mol. The van der Waals surface area contributed by atoms with E-state index >= 15 is 0 Å². The summed E-state index contributed by atoms with van der Waals surface area (Å²) in [5, 5.41) is 0.533. The number of hydroxylamine groups is 1. The third-order valence-electron chi connectivity index (χ3n) is 0.606. The van der Waals surface area contributed by atoms with E-state index in [0.717, 1.165) is 0 Å². The molecule has 0 fully saturated rings. The summed E-state index contributed by atoms with van der Waals surface area (Å²) in [6.45, 7) is 2.96. The van der Waals surface area contributed by atoms with Crippen LogP contribution in [0.4, 0.5) is 0 Å². The molecular formula is C5H9Cl2NO. The predicted octanol–water partition coefficient (Wildman–Crippen LogP) is 1.85. The summed E-state index contributed by atoms with van der Waals surface area (Å²) in [6, 6.07) is 0. The van der Waals surface area contributed by atoms with Crippen molar-refractivity contribution in [3.63, 3.8) is 0 Å². The van der Waals surface area contributed by atoms with Gasteiger partial charge in [-0.15, -0.1) is 0 Å². The van der Waals surface area contributed by atoms with Gasteiger partial charge in [0.1, 0.15) is 0 Å². The number of rotatable bonds is 4. The van der Waals surface area contributed by atoms with Crippen LogP contribution < -0.4 is 5.48 Å². The molecule has 0 rings (SSSR count). The molecule has 0 aliphatic carbocycles. The molecule has 0 amide bonds. The van der Waals surface area contributed by atoms with Crippen molar-refractivity contribution in [2.24, 2.45) is 0 Å². The lowest BCUT2D eigenvalue weighted by molar-refractivity contribution is 0.0582. The molecule has 0 unspecified atom stereocenters. The SMILES string of the molecule is CCONCC(Cl)=CCl. The minimum Gasteiger partial charge on any atom is -0.302 e. The number of nitrogens with one attached hydrogen (secondary N) is 1. The summed E-state index contributed by atoms with van der Waals surface area (Å²) in [6.07, 6.45) is 0. The van der Waals surface area contributed by atoms with Crippen LogP contribution >= 0.6 is 23.2 Å². The number of halogens is 2. The highest BCUT2D eigenvalue weighted by atomic mass is 35.5. The Bertz CT molecular complexity index is 95.0. The summed E-state index contributed by atoms with van der Waals surface area (Å²) in [5.74, 6) is 0. The lowest BCUT2D eigenvalue weighted by Gasteiger charge is -1.99. The van der Waals surface area contributed by atoms with Gasteiger partial charge in [0.2, 0.25) is 0 Å². The van der Waals surface area contributed by atoms with Crippen LogP contribution in [0, 0.1) is 0 Å². The Morgan fingerprint density at radius 2 is 2.44 bits per heavy atom. The molecule has 1 N–H and O–H groups in total. The minimum atomic E-state index is 0.457. The van der Waals surface area contributed by atoms with E-state index in [-0.39, 0.29) is 0 Å². The first-order chi connectivity index (χ1) is 4.31. The highest BCUT2D eigenvalue weighted by Gasteiger charge is 1.87. The average Bonchev–Trinajstić information content (AvgIpc) is 1.89. The standard InChI is InChI=1S/C5H9Cl2NO/c1-2-9-8-4-5(7)3-6/h3,8H,2,4H2,1H3. The van der Waals surface area contributed by atoms with E-state index in [2.05, 4.69) is 5.48 Å². The van der Waals surface area contributed by atoms with Gasteiger partial charge in [0.25, 0.3) is 0 Å². The molecule has 9 heavy (non-hydrogen) atoms. The third-order valence-corrected chi connectivity index (χ3v) is 1.22. The van der Waals surface area contributed by atoms with Crippen LogP contribution in [-0.4, -0.2) is 13.2 Å². The maximum Gasteiger partial charge on any atom is 0.0654 e. The lowest BCUT2D eigenvalue weighted by atomic mass is 10.6. The molecule has 0 saturated carbocycles. The molecule has 0 heterocycles. The van der Waals surface area contributed by atoms with Crippen LogP contribution in [0.15, 0.2) is 10.6 Å². The Kier molecular flexibility index (Phi) is 6.53. The molecule has 54 valence electrons. The van der Waals surface area contributed by atoms with Crippen LogP contribution in [0.5, 0.6) is 0 Å². The largest absolute Gasteiger partial charge is 0.302 e. The maximum absolute atomic E-state index is 5.49. The summed E-state index contributed by atoms with van der Waals surface area (Å²) in [5.41, 5.74) is 3.90. The normalized spacial score (nSPS) is 12.1. The van der Waals surface area contributed by atoms with Crippen LogP contribution in [0.1, 0.15) is 6.92 Å². The fourth-order valence-corrected chi connectivity index (χ4v) is 0.392. The Morgan fingerprint density at radius 3 is 2.89 bits per heavy atom. The molecule has 0 atom stereocenters. The summed E-state index contributed by atoms with van der Waals surface area (Å²) in [7, 11) is 0. The van der Waals surface area contributed by atoms with Gasteiger partial charge >= 0.3 is 0 Å². The lowest BCUT2D eigenvalue weighted by Crippen LogP contribution is -2.15. The van der Waals surface area contributed by atoms with Crippen molar-refractivity contribution in [2.75, 3.05) is 13.2 Å². The van der Waals surface area contributed by atoms with E-state index < -0.39 is 0 Å². The van der Waals surface area contributed by atoms with Crippen LogP contribution in [-0.2, 0) is 4.84 Å². The van der Waals surface area contributed by atoms with E-state index in [0.29, 0.717) is 18.2 Å². The first-order valence-corrected chi connectivity index (χ1v) is 3.42. The molecule has 0 saturated heterocycles. The number of hydrogen-bond donors (Lipinski definition) is 1. The van der Waals surface area contributed by atoms with Crippen LogP contribution in [0.3, 0.4) is 0 Å². The zero-order valence-corrected chi connectivity index (χ0v) is 6.67. The molecule has 0 aliphatic rings. The van der Waals surface area contributed by atoms with Crippen molar-refractivity contribution in [3.8, 4) is 0 Å². The molecule has 0 bridgehead atoms. The van der Waals surface area contributed by atoms with Crippen molar-refractivity contribution >= 4 is 23.2 Å². The van der Waals surface area contributed by atoms with Gasteiger partial charge in [-0.25, -0.2) is 0 Å². The Hall–Kier alpha value is 0.240. The van der Waals surface area contributed by atoms with E-state index in [1.807, 2.05) is 6.92 Å². The van der Waals surface area contributed by atoms with E-state index in [1.54, 1.807) is 0 Å². The first-order valence-electron chi connectivity index (χ1n) is 2.60. The second-order valence-corrected chi connectivity index (χ2v) is 2.01. The summed E-state index contributed by atoms with van der Waals surface area (Å²) >= 11 is 10.7. The summed E-state index contributed by atoms with van der Waals surface area (Å²) in [4.78, 5) is 4.77. The Labute approximate surface area is 64.7 Å². The topological polar surface area (TPSA) is 21.3 Å². The average molecular weight is 170 g/mol. The monoisotopic (exact) mass is 169 g/mol. The Balaban J connectivity index is 3.07. The van der Waals surface area contributed by atoms with Gasteiger partial charge < -0.3 is 4.84 Å². The zero-order chi connectivity index (χ0) is 7.11. The highest BCUT2D eigenvalue weighted by molar-refractivity contribution is 6.36. The van der Waals surface area contributed by atoms with Crippen LogP contribution in [0.2, 0.25) is 0 Å². The van der Waals surface area contributed by atoms with Crippen molar-refractivity contribution in [1.82, 2.24) is 5.48 Å². The van der Waals surface area contributed by atoms with Gasteiger partial charge in [-0.05, 0) is 6.92 Å². The van der Waals surface area contributed by atoms with Gasteiger partial charge in [0, 0.05) is 10.6 Å². The van der Waals surface area contributed by atoms with Crippen molar-refractivity contribution < 1.29 is 4.84 Å². The fourth-order valence-electron chi connectivity index (χ4n) is 0.261. The van der Waals surface area contributed by atoms with Gasteiger partial charge in [-0.2, -0.15) is 5.48 Å². The third kappa shape index (κ3) is 6.12. The minimum absolute atomic E-state index is 0.457. The van der Waals surface area contributed by atoms with Gasteiger partial charge in [0.05, 0.1) is 13.2 Å². The van der Waals surface area contributed by atoms with Crippen LogP contribution in [0.25, 0.3) is 0 Å². The molecule has 0 aromatic carbocycles. The highest BCUT2D eigenvalue weighted by Crippen LogP contribution is 1.99. The van der Waals surface area contributed by atoms with E-state index in [4.69, 9.17) is 28.0 Å². The molecule has 0 aliphatic heterocycles. The smallest absolute Gasteiger partial charge is 0.0654 e. The molecule has 0 radical (unpaired) electrons.